The third-order valence-corrected chi connectivity index (χ3v) is 1.94. The number of alkyl halides is 3. The van der Waals surface area contributed by atoms with E-state index in [1.165, 1.54) is 0 Å². The molecule has 0 aliphatic rings. The van der Waals surface area contributed by atoms with Crippen molar-refractivity contribution in [1.82, 2.24) is 0 Å². The van der Waals surface area contributed by atoms with Gasteiger partial charge in [0.2, 0.25) is 0 Å². The topological polar surface area (TPSA) is 38.7 Å². The molecule has 0 aliphatic carbocycles. The van der Waals surface area contributed by atoms with E-state index < -0.39 is 25.7 Å². The highest BCUT2D eigenvalue weighted by atomic mass is 19.4. The molecule has 1 unspecified atom stereocenters. The summed E-state index contributed by atoms with van der Waals surface area (Å²) in [6, 6.07) is 6.37. The van der Waals surface area contributed by atoms with Crippen molar-refractivity contribution in [2.75, 3.05) is 13.4 Å². The first-order valence-electron chi connectivity index (χ1n) is 4.94. The molecule has 0 fully saturated rings. The Morgan fingerprint density at radius 2 is 1.82 bits per heavy atom. The predicted molar refractivity (Wildman–Crippen MR) is 54.6 cm³/mol. The summed E-state index contributed by atoms with van der Waals surface area (Å²) in [6.07, 6.45) is -4.94. The van der Waals surface area contributed by atoms with Gasteiger partial charge < -0.3 is 14.6 Å². The van der Waals surface area contributed by atoms with E-state index in [2.05, 4.69) is 4.74 Å². The second kappa shape index (κ2) is 5.88. The lowest BCUT2D eigenvalue weighted by Crippen LogP contribution is -2.19. The first kappa shape index (κ1) is 13.8. The molecule has 96 valence electrons. The minimum atomic E-state index is -4.35. The minimum absolute atomic E-state index is 0.386. The van der Waals surface area contributed by atoms with Crippen LogP contribution in [-0.4, -0.2) is 24.7 Å². The fourth-order valence-electron chi connectivity index (χ4n) is 1.11. The van der Waals surface area contributed by atoms with E-state index in [-0.39, 0.29) is 0 Å². The number of rotatable bonds is 5. The molecule has 0 radical (unpaired) electrons. The Labute approximate surface area is 96.8 Å². The van der Waals surface area contributed by atoms with Gasteiger partial charge in [-0.25, -0.2) is 0 Å². The highest BCUT2D eigenvalue weighted by molar-refractivity contribution is 5.28. The monoisotopic (exact) mass is 250 g/mol. The van der Waals surface area contributed by atoms with Crippen LogP contribution in [0, 0.1) is 0 Å². The van der Waals surface area contributed by atoms with Crippen molar-refractivity contribution >= 4 is 0 Å². The average molecular weight is 250 g/mol. The largest absolute Gasteiger partial charge is 0.468 e. The molecule has 0 aliphatic heterocycles. The number of hydrogen-bond donors (Lipinski definition) is 1. The Bertz CT molecular complexity index is 333. The molecular formula is C11H13F3O3. The van der Waals surface area contributed by atoms with Gasteiger partial charge >= 0.3 is 6.18 Å². The van der Waals surface area contributed by atoms with Crippen LogP contribution in [-0.2, 0) is 4.74 Å². The zero-order valence-corrected chi connectivity index (χ0v) is 9.20. The van der Waals surface area contributed by atoms with Gasteiger partial charge in [-0.15, -0.1) is 0 Å². The van der Waals surface area contributed by atoms with E-state index in [1.807, 2.05) is 0 Å². The summed E-state index contributed by atoms with van der Waals surface area (Å²) in [6.45, 7) is -0.186. The second-order valence-corrected chi connectivity index (χ2v) is 3.47. The van der Waals surface area contributed by atoms with Crippen LogP contribution in [0.5, 0.6) is 5.75 Å². The number of ether oxygens (including phenoxy) is 2. The summed E-state index contributed by atoms with van der Waals surface area (Å²) in [7, 11) is 0. The standard InChI is InChI=1S/C11H13F3O3/c1-8(15)9-2-4-10(5-3-9)17-7-16-6-11(12,13)14/h2-5,8,15H,6-7H2,1H3. The average Bonchev–Trinajstić information content (AvgIpc) is 2.24. The van der Waals surface area contributed by atoms with Gasteiger partial charge in [0.25, 0.3) is 0 Å². The molecule has 0 heterocycles. The number of benzene rings is 1. The molecule has 1 aromatic carbocycles. The molecule has 0 bridgehead atoms. The Morgan fingerprint density at radius 3 is 2.29 bits per heavy atom. The van der Waals surface area contributed by atoms with Crippen LogP contribution in [0.3, 0.4) is 0 Å². The number of hydrogen-bond acceptors (Lipinski definition) is 3. The van der Waals surface area contributed by atoms with E-state index in [4.69, 9.17) is 4.74 Å². The summed E-state index contributed by atoms with van der Waals surface area (Å²) in [5.74, 6) is 0.386. The van der Waals surface area contributed by atoms with Crippen molar-refractivity contribution in [3.05, 3.63) is 29.8 Å². The van der Waals surface area contributed by atoms with Crippen LogP contribution in [0.25, 0.3) is 0 Å². The van der Waals surface area contributed by atoms with Crippen molar-refractivity contribution in [3.8, 4) is 5.75 Å². The van der Waals surface area contributed by atoms with Crippen molar-refractivity contribution < 1.29 is 27.8 Å². The first-order valence-corrected chi connectivity index (χ1v) is 4.94. The zero-order valence-electron chi connectivity index (χ0n) is 9.20. The molecule has 1 N–H and O–H groups in total. The van der Waals surface area contributed by atoms with Gasteiger partial charge in [-0.2, -0.15) is 13.2 Å². The lowest BCUT2D eigenvalue weighted by molar-refractivity contribution is -0.186. The van der Waals surface area contributed by atoms with Gasteiger partial charge in [0, 0.05) is 0 Å². The van der Waals surface area contributed by atoms with E-state index in [0.29, 0.717) is 11.3 Å². The van der Waals surface area contributed by atoms with Crippen LogP contribution < -0.4 is 4.74 Å². The number of aliphatic hydroxyl groups is 1. The van der Waals surface area contributed by atoms with Crippen molar-refractivity contribution in [2.45, 2.75) is 19.2 Å². The molecule has 0 saturated carbocycles. The lowest BCUT2D eigenvalue weighted by atomic mass is 10.1. The van der Waals surface area contributed by atoms with Crippen molar-refractivity contribution in [1.29, 1.82) is 0 Å². The van der Waals surface area contributed by atoms with Gasteiger partial charge in [-0.3, -0.25) is 0 Å². The molecule has 0 saturated heterocycles. The highest BCUT2D eigenvalue weighted by Crippen LogP contribution is 2.18. The fraction of sp³-hybridized carbons (Fsp3) is 0.455. The molecule has 17 heavy (non-hydrogen) atoms. The van der Waals surface area contributed by atoms with Gasteiger partial charge in [0.05, 0.1) is 6.10 Å². The first-order chi connectivity index (χ1) is 7.88. The van der Waals surface area contributed by atoms with Gasteiger partial charge in [0.15, 0.2) is 6.79 Å². The summed E-state index contributed by atoms with van der Waals surface area (Å²) in [5.41, 5.74) is 0.702. The Morgan fingerprint density at radius 1 is 1.24 bits per heavy atom. The van der Waals surface area contributed by atoms with Crippen molar-refractivity contribution in [2.24, 2.45) is 0 Å². The fourth-order valence-corrected chi connectivity index (χ4v) is 1.11. The lowest BCUT2D eigenvalue weighted by Gasteiger charge is -2.10. The summed E-state index contributed by atoms with van der Waals surface area (Å²) >= 11 is 0. The molecule has 0 spiro atoms. The normalized spacial score (nSPS) is 13.5. The Kier molecular flexibility index (Phi) is 4.77. The third-order valence-electron chi connectivity index (χ3n) is 1.94. The van der Waals surface area contributed by atoms with Crippen LogP contribution in [0.4, 0.5) is 13.2 Å². The molecule has 6 heteroatoms. The molecule has 1 rings (SSSR count). The number of halogens is 3. The summed E-state index contributed by atoms with van der Waals surface area (Å²) in [4.78, 5) is 0. The Hall–Kier alpha value is -1.27. The summed E-state index contributed by atoms with van der Waals surface area (Å²) < 4.78 is 44.4. The quantitative estimate of drug-likeness (QED) is 0.645. The predicted octanol–water partition coefficient (Wildman–Crippen LogP) is 2.66. The molecule has 0 aromatic heterocycles. The second-order valence-electron chi connectivity index (χ2n) is 3.47. The maximum Gasteiger partial charge on any atom is 0.411 e. The van der Waals surface area contributed by atoms with E-state index in [9.17, 15) is 18.3 Å². The number of aliphatic hydroxyl groups excluding tert-OH is 1. The maximum absolute atomic E-state index is 11.7. The van der Waals surface area contributed by atoms with Crippen LogP contribution in [0.2, 0.25) is 0 Å². The smallest absolute Gasteiger partial charge is 0.411 e. The molecule has 1 atom stereocenters. The van der Waals surface area contributed by atoms with Gasteiger partial charge in [-0.1, -0.05) is 12.1 Å². The van der Waals surface area contributed by atoms with Gasteiger partial charge in [0.1, 0.15) is 12.4 Å². The third kappa shape index (κ3) is 5.55. The van der Waals surface area contributed by atoms with E-state index in [1.54, 1.807) is 31.2 Å². The summed E-state index contributed by atoms with van der Waals surface area (Å²) in [5, 5.41) is 9.23. The zero-order chi connectivity index (χ0) is 12.9. The van der Waals surface area contributed by atoms with Crippen molar-refractivity contribution in [3.63, 3.8) is 0 Å². The van der Waals surface area contributed by atoms with E-state index >= 15 is 0 Å². The van der Waals surface area contributed by atoms with Gasteiger partial charge in [-0.05, 0) is 24.6 Å². The van der Waals surface area contributed by atoms with Crippen LogP contribution >= 0.6 is 0 Å². The maximum atomic E-state index is 11.7. The highest BCUT2D eigenvalue weighted by Gasteiger charge is 2.27. The van der Waals surface area contributed by atoms with E-state index in [0.717, 1.165) is 0 Å². The minimum Gasteiger partial charge on any atom is -0.468 e. The SMILES string of the molecule is CC(O)c1ccc(OCOCC(F)(F)F)cc1. The molecule has 3 nitrogen and oxygen atoms in total. The molecule has 0 amide bonds. The van der Waals surface area contributed by atoms with Crippen LogP contribution in [0.15, 0.2) is 24.3 Å². The molecular weight excluding hydrogens is 237 g/mol. The van der Waals surface area contributed by atoms with Crippen LogP contribution in [0.1, 0.15) is 18.6 Å². The Balaban J connectivity index is 2.33. The molecule has 1 aromatic rings.